The zero-order valence-corrected chi connectivity index (χ0v) is 10.3. The molecule has 0 aromatic carbocycles. The van der Waals surface area contributed by atoms with Gasteiger partial charge >= 0.3 is 0 Å². The van der Waals surface area contributed by atoms with Crippen LogP contribution in [0.15, 0.2) is 18.3 Å². The fourth-order valence-electron chi connectivity index (χ4n) is 2.37. The van der Waals surface area contributed by atoms with Gasteiger partial charge in [0.05, 0.1) is 30.2 Å². The molecule has 17 heavy (non-hydrogen) atoms. The molecule has 1 fully saturated rings. The molecule has 1 aromatic rings. The van der Waals surface area contributed by atoms with E-state index in [1.54, 1.807) is 0 Å². The lowest BCUT2D eigenvalue weighted by molar-refractivity contribution is 0.240. The Hall–Kier alpha value is -1.13. The van der Waals surface area contributed by atoms with Crippen LogP contribution < -0.4 is 10.6 Å². The second-order valence-corrected chi connectivity index (χ2v) is 4.76. The van der Waals surface area contributed by atoms with Crippen molar-refractivity contribution in [3.8, 4) is 0 Å². The van der Waals surface area contributed by atoms with Crippen LogP contribution in [0.2, 0.25) is 0 Å². The summed E-state index contributed by atoms with van der Waals surface area (Å²) < 4.78 is 0. The third kappa shape index (κ3) is 2.76. The summed E-state index contributed by atoms with van der Waals surface area (Å²) in [5.74, 6) is 0. The number of hydrogen-bond donors (Lipinski definition) is 2. The fourth-order valence-corrected chi connectivity index (χ4v) is 2.37. The number of nitrogens with zero attached hydrogens (tertiary/aromatic N) is 2. The van der Waals surface area contributed by atoms with E-state index in [1.165, 1.54) is 12.8 Å². The van der Waals surface area contributed by atoms with Crippen molar-refractivity contribution in [3.05, 3.63) is 24.0 Å². The Balaban J connectivity index is 2.15. The maximum atomic E-state index is 9.38. The van der Waals surface area contributed by atoms with E-state index in [0.29, 0.717) is 0 Å². The SMILES string of the molecule is C[C@H](N)c1ccc(N2CCCCC2CO)cn1. The molecule has 2 heterocycles. The molecule has 1 aliphatic heterocycles. The molecule has 1 aliphatic rings. The Bertz CT molecular complexity index is 350. The highest BCUT2D eigenvalue weighted by molar-refractivity contribution is 5.46. The van der Waals surface area contributed by atoms with Gasteiger partial charge in [-0.1, -0.05) is 0 Å². The predicted molar refractivity (Wildman–Crippen MR) is 68.9 cm³/mol. The molecular formula is C13H21N3O. The van der Waals surface area contributed by atoms with Gasteiger partial charge in [-0.05, 0) is 38.3 Å². The molecular weight excluding hydrogens is 214 g/mol. The summed E-state index contributed by atoms with van der Waals surface area (Å²) in [7, 11) is 0. The number of pyridine rings is 1. The van der Waals surface area contributed by atoms with Gasteiger partial charge < -0.3 is 15.7 Å². The lowest BCUT2D eigenvalue weighted by Crippen LogP contribution is -2.42. The Labute approximate surface area is 102 Å². The van der Waals surface area contributed by atoms with E-state index in [4.69, 9.17) is 5.73 Å². The first-order chi connectivity index (χ1) is 8.22. The highest BCUT2D eigenvalue weighted by Crippen LogP contribution is 2.24. The molecule has 4 nitrogen and oxygen atoms in total. The highest BCUT2D eigenvalue weighted by atomic mass is 16.3. The molecule has 0 bridgehead atoms. The molecule has 0 saturated carbocycles. The van der Waals surface area contributed by atoms with Gasteiger partial charge in [0.25, 0.3) is 0 Å². The molecule has 2 rings (SSSR count). The number of nitrogens with two attached hydrogens (primary N) is 1. The van der Waals surface area contributed by atoms with E-state index < -0.39 is 0 Å². The zero-order valence-electron chi connectivity index (χ0n) is 10.3. The van der Waals surface area contributed by atoms with Gasteiger partial charge in [-0.2, -0.15) is 0 Å². The molecule has 1 aromatic heterocycles. The van der Waals surface area contributed by atoms with Crippen LogP contribution in [-0.4, -0.2) is 29.3 Å². The second-order valence-electron chi connectivity index (χ2n) is 4.76. The van der Waals surface area contributed by atoms with E-state index in [9.17, 15) is 5.11 Å². The number of aromatic nitrogens is 1. The van der Waals surface area contributed by atoms with Crippen molar-refractivity contribution in [2.75, 3.05) is 18.1 Å². The van der Waals surface area contributed by atoms with Gasteiger partial charge in [0.15, 0.2) is 0 Å². The first-order valence-corrected chi connectivity index (χ1v) is 6.31. The zero-order chi connectivity index (χ0) is 12.3. The molecule has 2 atom stereocenters. The van der Waals surface area contributed by atoms with Crippen molar-refractivity contribution in [1.29, 1.82) is 0 Å². The molecule has 1 unspecified atom stereocenters. The monoisotopic (exact) mass is 235 g/mol. The Morgan fingerprint density at radius 3 is 2.94 bits per heavy atom. The molecule has 4 heteroatoms. The summed E-state index contributed by atoms with van der Waals surface area (Å²) in [4.78, 5) is 6.63. The molecule has 0 radical (unpaired) electrons. The van der Waals surface area contributed by atoms with Gasteiger partial charge in [0.1, 0.15) is 0 Å². The van der Waals surface area contributed by atoms with E-state index in [2.05, 4.69) is 16.0 Å². The van der Waals surface area contributed by atoms with Crippen molar-refractivity contribution in [2.45, 2.75) is 38.3 Å². The maximum absolute atomic E-state index is 9.38. The number of aliphatic hydroxyl groups excluding tert-OH is 1. The van der Waals surface area contributed by atoms with E-state index in [0.717, 1.165) is 24.3 Å². The third-order valence-corrected chi connectivity index (χ3v) is 3.41. The van der Waals surface area contributed by atoms with E-state index in [-0.39, 0.29) is 18.7 Å². The second kappa shape index (κ2) is 5.47. The summed E-state index contributed by atoms with van der Waals surface area (Å²) in [6, 6.07) is 4.24. The average Bonchev–Trinajstić information content (AvgIpc) is 2.39. The molecule has 94 valence electrons. The molecule has 0 spiro atoms. The minimum atomic E-state index is -0.0287. The number of piperidine rings is 1. The summed E-state index contributed by atoms with van der Waals surface area (Å²) in [5.41, 5.74) is 7.78. The molecule has 0 aliphatic carbocycles. The molecule has 3 N–H and O–H groups in total. The third-order valence-electron chi connectivity index (χ3n) is 3.41. The van der Waals surface area contributed by atoms with Crippen LogP contribution in [0.3, 0.4) is 0 Å². The van der Waals surface area contributed by atoms with Crippen molar-refractivity contribution < 1.29 is 5.11 Å². The van der Waals surface area contributed by atoms with E-state index in [1.807, 2.05) is 19.2 Å². The number of hydrogen-bond acceptors (Lipinski definition) is 4. The molecule has 0 amide bonds. The van der Waals surface area contributed by atoms with Crippen molar-refractivity contribution >= 4 is 5.69 Å². The smallest absolute Gasteiger partial charge is 0.0635 e. The van der Waals surface area contributed by atoms with Crippen molar-refractivity contribution in [1.82, 2.24) is 4.98 Å². The van der Waals surface area contributed by atoms with Gasteiger partial charge in [-0.25, -0.2) is 0 Å². The van der Waals surface area contributed by atoms with Gasteiger partial charge in [0.2, 0.25) is 0 Å². The minimum absolute atomic E-state index is 0.0287. The number of rotatable bonds is 3. The van der Waals surface area contributed by atoms with Crippen LogP contribution in [0.1, 0.15) is 37.9 Å². The Kier molecular flexibility index (Phi) is 3.97. The van der Waals surface area contributed by atoms with Crippen molar-refractivity contribution in [3.63, 3.8) is 0 Å². The summed E-state index contributed by atoms with van der Waals surface area (Å²) in [6.45, 7) is 3.15. The van der Waals surface area contributed by atoms with E-state index >= 15 is 0 Å². The van der Waals surface area contributed by atoms with Gasteiger partial charge in [-0.3, -0.25) is 4.98 Å². The van der Waals surface area contributed by atoms with Crippen LogP contribution >= 0.6 is 0 Å². The number of aliphatic hydroxyl groups is 1. The highest BCUT2D eigenvalue weighted by Gasteiger charge is 2.22. The first-order valence-electron chi connectivity index (χ1n) is 6.31. The van der Waals surface area contributed by atoms with Gasteiger partial charge in [-0.15, -0.1) is 0 Å². The summed E-state index contributed by atoms with van der Waals surface area (Å²) in [5, 5.41) is 9.38. The predicted octanol–water partition coefficient (Wildman–Crippen LogP) is 1.45. The first kappa shape index (κ1) is 12.3. The largest absolute Gasteiger partial charge is 0.394 e. The van der Waals surface area contributed by atoms with Crippen molar-refractivity contribution in [2.24, 2.45) is 5.73 Å². The quantitative estimate of drug-likeness (QED) is 0.832. The fraction of sp³-hybridized carbons (Fsp3) is 0.615. The summed E-state index contributed by atoms with van der Waals surface area (Å²) in [6.07, 6.45) is 5.32. The minimum Gasteiger partial charge on any atom is -0.394 e. The maximum Gasteiger partial charge on any atom is 0.0635 e. The Morgan fingerprint density at radius 2 is 2.35 bits per heavy atom. The van der Waals surface area contributed by atoms with Gasteiger partial charge in [0, 0.05) is 12.6 Å². The normalized spacial score (nSPS) is 22.5. The lowest BCUT2D eigenvalue weighted by atomic mass is 10.0. The van der Waals surface area contributed by atoms with Crippen LogP contribution in [-0.2, 0) is 0 Å². The van der Waals surface area contributed by atoms with Crippen LogP contribution in [0.5, 0.6) is 0 Å². The average molecular weight is 235 g/mol. The standard InChI is InChI=1S/C13H21N3O/c1-10(14)13-6-5-11(8-15-13)16-7-3-2-4-12(16)9-17/h5-6,8,10,12,17H,2-4,7,9,14H2,1H3/t10-,12?/m0/s1. The topological polar surface area (TPSA) is 62.4 Å². The van der Waals surface area contributed by atoms with Crippen LogP contribution in [0.25, 0.3) is 0 Å². The lowest BCUT2D eigenvalue weighted by Gasteiger charge is -2.36. The molecule has 1 saturated heterocycles. The van der Waals surface area contributed by atoms with Crippen LogP contribution in [0, 0.1) is 0 Å². The summed E-state index contributed by atoms with van der Waals surface area (Å²) >= 11 is 0. The Morgan fingerprint density at radius 1 is 1.53 bits per heavy atom. The number of anilines is 1. The van der Waals surface area contributed by atoms with Crippen LogP contribution in [0.4, 0.5) is 5.69 Å².